The molecule has 1 fully saturated rings. The largest absolute Gasteiger partial charge is 0.337 e. The number of aromatic nitrogens is 3. The van der Waals surface area contributed by atoms with E-state index in [4.69, 9.17) is 0 Å². The summed E-state index contributed by atoms with van der Waals surface area (Å²) in [5.74, 6) is 0.0750. The molecule has 0 spiro atoms. The first-order chi connectivity index (χ1) is 12.8. The summed E-state index contributed by atoms with van der Waals surface area (Å²) in [6.07, 6.45) is 6.09. The molecule has 1 aromatic carbocycles. The Kier molecular flexibility index (Phi) is 4.75. The minimum atomic E-state index is 0.0750. The van der Waals surface area contributed by atoms with E-state index in [1.807, 2.05) is 52.2 Å². The lowest BCUT2D eigenvalue weighted by Crippen LogP contribution is -2.35. The maximum atomic E-state index is 12.5. The summed E-state index contributed by atoms with van der Waals surface area (Å²) in [7, 11) is 0. The van der Waals surface area contributed by atoms with Gasteiger partial charge in [-0.15, -0.1) is 0 Å². The standard InChI is InChI=1S/C20H21N5O/c26-20(16-6-10-21-11-7-16)24-13-9-17(15-24)22-14-19-8-12-23-25(19)18-4-2-1-3-5-18/h1-8,10-12,17,22H,9,13-15H2. The van der Waals surface area contributed by atoms with Crippen molar-refractivity contribution in [1.29, 1.82) is 0 Å². The number of nitrogens with zero attached hydrogens (tertiary/aromatic N) is 4. The van der Waals surface area contributed by atoms with Gasteiger partial charge in [0.15, 0.2) is 0 Å². The third-order valence-electron chi connectivity index (χ3n) is 4.70. The Labute approximate surface area is 152 Å². The van der Waals surface area contributed by atoms with Gasteiger partial charge in [-0.25, -0.2) is 4.68 Å². The molecule has 26 heavy (non-hydrogen) atoms. The molecule has 1 N–H and O–H groups in total. The second-order valence-electron chi connectivity index (χ2n) is 6.42. The minimum absolute atomic E-state index is 0.0750. The number of amides is 1. The third-order valence-corrected chi connectivity index (χ3v) is 4.70. The number of rotatable bonds is 5. The molecule has 1 amide bonds. The lowest BCUT2D eigenvalue weighted by molar-refractivity contribution is 0.0789. The van der Waals surface area contributed by atoms with Crippen LogP contribution in [0, 0.1) is 0 Å². The number of hydrogen-bond donors (Lipinski definition) is 1. The highest BCUT2D eigenvalue weighted by atomic mass is 16.2. The monoisotopic (exact) mass is 347 g/mol. The van der Waals surface area contributed by atoms with E-state index in [9.17, 15) is 4.79 Å². The van der Waals surface area contributed by atoms with Crippen LogP contribution in [0.15, 0.2) is 67.1 Å². The Balaban J connectivity index is 1.36. The molecule has 3 aromatic rings. The molecule has 1 saturated heterocycles. The van der Waals surface area contributed by atoms with Crippen molar-refractivity contribution in [2.24, 2.45) is 0 Å². The van der Waals surface area contributed by atoms with Gasteiger partial charge in [-0.3, -0.25) is 9.78 Å². The molecule has 1 atom stereocenters. The molecule has 3 heterocycles. The maximum absolute atomic E-state index is 12.5. The first-order valence-electron chi connectivity index (χ1n) is 8.82. The van der Waals surface area contributed by atoms with Gasteiger partial charge in [-0.1, -0.05) is 18.2 Å². The summed E-state index contributed by atoms with van der Waals surface area (Å²) >= 11 is 0. The quantitative estimate of drug-likeness (QED) is 0.769. The van der Waals surface area contributed by atoms with Crippen molar-refractivity contribution >= 4 is 5.91 Å². The summed E-state index contributed by atoms with van der Waals surface area (Å²) in [4.78, 5) is 18.4. The maximum Gasteiger partial charge on any atom is 0.254 e. The topological polar surface area (TPSA) is 63.1 Å². The second-order valence-corrected chi connectivity index (χ2v) is 6.42. The van der Waals surface area contributed by atoms with Gasteiger partial charge in [-0.05, 0) is 36.8 Å². The molecule has 2 aromatic heterocycles. The minimum Gasteiger partial charge on any atom is -0.337 e. The van der Waals surface area contributed by atoms with Crippen molar-refractivity contribution in [2.75, 3.05) is 13.1 Å². The van der Waals surface area contributed by atoms with Crippen LogP contribution >= 0.6 is 0 Å². The molecule has 6 nitrogen and oxygen atoms in total. The zero-order valence-electron chi connectivity index (χ0n) is 14.5. The number of para-hydroxylation sites is 1. The van der Waals surface area contributed by atoms with E-state index >= 15 is 0 Å². The van der Waals surface area contributed by atoms with Crippen LogP contribution in [-0.4, -0.2) is 44.7 Å². The predicted molar refractivity (Wildman–Crippen MR) is 98.9 cm³/mol. The van der Waals surface area contributed by atoms with Gasteiger partial charge < -0.3 is 10.2 Å². The van der Waals surface area contributed by atoms with E-state index in [1.165, 1.54) is 0 Å². The zero-order valence-corrected chi connectivity index (χ0v) is 14.5. The number of likely N-dealkylation sites (tertiary alicyclic amines) is 1. The Bertz CT molecular complexity index is 862. The molecule has 0 saturated carbocycles. The molecule has 0 bridgehead atoms. The molecule has 1 aliphatic rings. The molecular weight excluding hydrogens is 326 g/mol. The molecule has 4 rings (SSSR count). The van der Waals surface area contributed by atoms with Crippen molar-refractivity contribution in [1.82, 2.24) is 25.0 Å². The molecule has 6 heteroatoms. The van der Waals surface area contributed by atoms with Crippen LogP contribution in [-0.2, 0) is 6.54 Å². The van der Waals surface area contributed by atoms with E-state index in [-0.39, 0.29) is 5.91 Å². The second kappa shape index (κ2) is 7.49. The molecule has 1 aliphatic heterocycles. The first-order valence-corrected chi connectivity index (χ1v) is 8.82. The number of benzene rings is 1. The van der Waals surface area contributed by atoms with Crippen molar-refractivity contribution in [3.05, 3.63) is 78.4 Å². The highest BCUT2D eigenvalue weighted by Crippen LogP contribution is 2.15. The zero-order chi connectivity index (χ0) is 17.8. The van der Waals surface area contributed by atoms with E-state index in [1.54, 1.807) is 24.5 Å². The summed E-state index contributed by atoms with van der Waals surface area (Å²) in [5.41, 5.74) is 2.85. The first kappa shape index (κ1) is 16.5. The van der Waals surface area contributed by atoms with Crippen LogP contribution in [0.5, 0.6) is 0 Å². The van der Waals surface area contributed by atoms with Gasteiger partial charge in [0.25, 0.3) is 5.91 Å². The van der Waals surface area contributed by atoms with Crippen LogP contribution in [0.4, 0.5) is 0 Å². The number of pyridine rings is 1. The van der Waals surface area contributed by atoms with Gasteiger partial charge in [0.1, 0.15) is 0 Å². The van der Waals surface area contributed by atoms with Gasteiger partial charge >= 0.3 is 0 Å². The molecule has 1 unspecified atom stereocenters. The van der Waals surface area contributed by atoms with Crippen molar-refractivity contribution < 1.29 is 4.79 Å². The fourth-order valence-corrected chi connectivity index (χ4v) is 3.30. The van der Waals surface area contributed by atoms with Crippen molar-refractivity contribution in [3.63, 3.8) is 0 Å². The van der Waals surface area contributed by atoms with Crippen LogP contribution < -0.4 is 5.32 Å². The molecule has 132 valence electrons. The van der Waals surface area contributed by atoms with Crippen molar-refractivity contribution in [2.45, 2.75) is 19.0 Å². The molecule has 0 radical (unpaired) electrons. The van der Waals surface area contributed by atoms with Crippen LogP contribution in [0.25, 0.3) is 5.69 Å². The average molecular weight is 347 g/mol. The van der Waals surface area contributed by atoms with E-state index < -0.39 is 0 Å². The SMILES string of the molecule is O=C(c1ccncc1)N1CCC(NCc2ccnn2-c2ccccc2)C1. The fourth-order valence-electron chi connectivity index (χ4n) is 3.30. The summed E-state index contributed by atoms with van der Waals surface area (Å²) in [5, 5.41) is 7.98. The summed E-state index contributed by atoms with van der Waals surface area (Å²) in [6, 6.07) is 15.9. The normalized spacial score (nSPS) is 16.8. The van der Waals surface area contributed by atoms with E-state index in [0.717, 1.165) is 37.4 Å². The lowest BCUT2D eigenvalue weighted by Gasteiger charge is -2.17. The van der Waals surface area contributed by atoms with Gasteiger partial charge in [-0.2, -0.15) is 5.10 Å². The van der Waals surface area contributed by atoms with E-state index in [2.05, 4.69) is 15.4 Å². The highest BCUT2D eigenvalue weighted by molar-refractivity contribution is 5.94. The third kappa shape index (κ3) is 3.50. The highest BCUT2D eigenvalue weighted by Gasteiger charge is 2.26. The fraction of sp³-hybridized carbons (Fsp3) is 0.250. The summed E-state index contributed by atoms with van der Waals surface area (Å²) in [6.45, 7) is 2.22. The van der Waals surface area contributed by atoms with Crippen molar-refractivity contribution in [3.8, 4) is 5.69 Å². The van der Waals surface area contributed by atoms with Gasteiger partial charge in [0.2, 0.25) is 0 Å². The lowest BCUT2D eigenvalue weighted by atomic mass is 10.2. The Hall–Kier alpha value is -2.99. The molecule has 0 aliphatic carbocycles. The summed E-state index contributed by atoms with van der Waals surface area (Å²) < 4.78 is 1.95. The van der Waals surface area contributed by atoms with Crippen LogP contribution in [0.1, 0.15) is 22.5 Å². The Morgan fingerprint density at radius 2 is 1.88 bits per heavy atom. The van der Waals surface area contributed by atoms with E-state index in [0.29, 0.717) is 11.6 Å². The smallest absolute Gasteiger partial charge is 0.254 e. The number of carbonyl (C=O) groups excluding carboxylic acids is 1. The average Bonchev–Trinajstić information content (AvgIpc) is 3.36. The van der Waals surface area contributed by atoms with Crippen LogP contribution in [0.2, 0.25) is 0 Å². The molecular formula is C20H21N5O. The number of hydrogen-bond acceptors (Lipinski definition) is 4. The number of nitrogens with one attached hydrogen (secondary N) is 1. The Morgan fingerprint density at radius 1 is 1.08 bits per heavy atom. The predicted octanol–water partition coefficient (Wildman–Crippen LogP) is 2.27. The van der Waals surface area contributed by atoms with Gasteiger partial charge in [0, 0.05) is 49.8 Å². The number of carbonyl (C=O) groups is 1. The van der Waals surface area contributed by atoms with Crippen LogP contribution in [0.3, 0.4) is 0 Å². The van der Waals surface area contributed by atoms with Gasteiger partial charge in [0.05, 0.1) is 11.4 Å². The Morgan fingerprint density at radius 3 is 2.69 bits per heavy atom.